The minimum atomic E-state index is 0.526. The fourth-order valence-electron chi connectivity index (χ4n) is 2.43. The van der Waals surface area contributed by atoms with Gasteiger partial charge in [-0.1, -0.05) is 13.8 Å². The van der Waals surface area contributed by atoms with Crippen LogP contribution in [-0.2, 0) is 9.47 Å². The topological polar surface area (TPSA) is 30.5 Å². The minimum absolute atomic E-state index is 0.526. The Kier molecular flexibility index (Phi) is 9.54. The van der Waals surface area contributed by atoms with Crippen molar-refractivity contribution in [3.8, 4) is 0 Å². The Hall–Kier alpha value is -0.120. The highest BCUT2D eigenvalue weighted by Crippen LogP contribution is 2.18. The first-order chi connectivity index (χ1) is 8.86. The van der Waals surface area contributed by atoms with Crippen molar-refractivity contribution in [3.05, 3.63) is 0 Å². The van der Waals surface area contributed by atoms with Gasteiger partial charge in [-0.05, 0) is 51.5 Å². The summed E-state index contributed by atoms with van der Waals surface area (Å²) in [6.07, 6.45) is 9.03. The molecule has 1 N–H and O–H groups in total. The SMILES string of the molecule is CCCNC(CCCC1CCCO1)COCCC. The first-order valence-corrected chi connectivity index (χ1v) is 7.79. The molecule has 0 radical (unpaired) electrons. The van der Waals surface area contributed by atoms with Crippen molar-refractivity contribution in [3.63, 3.8) is 0 Å². The molecule has 3 nitrogen and oxygen atoms in total. The molecule has 1 fully saturated rings. The number of rotatable bonds is 11. The van der Waals surface area contributed by atoms with Crippen LogP contribution in [0, 0.1) is 0 Å². The highest BCUT2D eigenvalue weighted by Gasteiger charge is 2.16. The van der Waals surface area contributed by atoms with E-state index in [2.05, 4.69) is 19.2 Å². The van der Waals surface area contributed by atoms with E-state index >= 15 is 0 Å². The molecule has 18 heavy (non-hydrogen) atoms. The zero-order valence-corrected chi connectivity index (χ0v) is 12.2. The third-order valence-electron chi connectivity index (χ3n) is 3.45. The van der Waals surface area contributed by atoms with Gasteiger partial charge in [-0.2, -0.15) is 0 Å². The van der Waals surface area contributed by atoms with Gasteiger partial charge in [-0.3, -0.25) is 0 Å². The summed E-state index contributed by atoms with van der Waals surface area (Å²) in [5, 5.41) is 3.59. The maximum absolute atomic E-state index is 5.67. The molecule has 1 aliphatic rings. The summed E-state index contributed by atoms with van der Waals surface area (Å²) in [6.45, 7) is 8.19. The summed E-state index contributed by atoms with van der Waals surface area (Å²) in [5.74, 6) is 0. The van der Waals surface area contributed by atoms with Crippen LogP contribution in [0.3, 0.4) is 0 Å². The third-order valence-corrected chi connectivity index (χ3v) is 3.45. The normalized spacial score (nSPS) is 21.3. The van der Waals surface area contributed by atoms with Gasteiger partial charge >= 0.3 is 0 Å². The lowest BCUT2D eigenvalue weighted by Crippen LogP contribution is -2.34. The number of hydrogen-bond acceptors (Lipinski definition) is 3. The lowest BCUT2D eigenvalue weighted by Gasteiger charge is -2.19. The zero-order valence-electron chi connectivity index (χ0n) is 12.2. The van der Waals surface area contributed by atoms with E-state index in [1.165, 1.54) is 38.5 Å². The van der Waals surface area contributed by atoms with Gasteiger partial charge in [0, 0.05) is 19.3 Å². The maximum atomic E-state index is 5.67. The molecule has 108 valence electrons. The monoisotopic (exact) mass is 257 g/mol. The summed E-state index contributed by atoms with van der Waals surface area (Å²) in [7, 11) is 0. The molecule has 3 heteroatoms. The fourth-order valence-corrected chi connectivity index (χ4v) is 2.43. The van der Waals surface area contributed by atoms with Crippen molar-refractivity contribution in [1.29, 1.82) is 0 Å². The quantitative estimate of drug-likeness (QED) is 0.577. The van der Waals surface area contributed by atoms with Gasteiger partial charge in [0.1, 0.15) is 0 Å². The lowest BCUT2D eigenvalue weighted by atomic mass is 10.1. The maximum Gasteiger partial charge on any atom is 0.0619 e. The first kappa shape index (κ1) is 15.9. The van der Waals surface area contributed by atoms with Crippen LogP contribution in [0.25, 0.3) is 0 Å². The molecule has 1 heterocycles. The summed E-state index contributed by atoms with van der Waals surface area (Å²) in [5.41, 5.74) is 0. The molecule has 1 saturated heterocycles. The second-order valence-corrected chi connectivity index (χ2v) is 5.29. The van der Waals surface area contributed by atoms with Crippen molar-refractivity contribution >= 4 is 0 Å². The van der Waals surface area contributed by atoms with Crippen LogP contribution in [0.4, 0.5) is 0 Å². The van der Waals surface area contributed by atoms with E-state index in [-0.39, 0.29) is 0 Å². The molecule has 0 amide bonds. The van der Waals surface area contributed by atoms with Crippen molar-refractivity contribution in [2.45, 2.75) is 70.9 Å². The Morgan fingerprint density at radius 2 is 2.22 bits per heavy atom. The Morgan fingerprint density at radius 3 is 2.89 bits per heavy atom. The van der Waals surface area contributed by atoms with Crippen LogP contribution >= 0.6 is 0 Å². The van der Waals surface area contributed by atoms with E-state index in [0.717, 1.165) is 32.8 Å². The molecule has 2 atom stereocenters. The second kappa shape index (κ2) is 10.8. The molecule has 0 spiro atoms. The van der Waals surface area contributed by atoms with Gasteiger partial charge in [-0.25, -0.2) is 0 Å². The number of hydrogen-bond donors (Lipinski definition) is 1. The smallest absolute Gasteiger partial charge is 0.0619 e. The van der Waals surface area contributed by atoms with Gasteiger partial charge in [0.05, 0.1) is 12.7 Å². The molecule has 1 rings (SSSR count). The van der Waals surface area contributed by atoms with E-state index in [1.54, 1.807) is 0 Å². The predicted octanol–water partition coefficient (Wildman–Crippen LogP) is 3.13. The van der Waals surface area contributed by atoms with Gasteiger partial charge in [0.15, 0.2) is 0 Å². The van der Waals surface area contributed by atoms with Gasteiger partial charge in [0.25, 0.3) is 0 Å². The predicted molar refractivity (Wildman–Crippen MR) is 76.0 cm³/mol. The second-order valence-electron chi connectivity index (χ2n) is 5.29. The number of ether oxygens (including phenoxy) is 2. The van der Waals surface area contributed by atoms with Crippen LogP contribution in [0.15, 0.2) is 0 Å². The third kappa shape index (κ3) is 7.34. The highest BCUT2D eigenvalue weighted by molar-refractivity contribution is 4.70. The van der Waals surface area contributed by atoms with Gasteiger partial charge < -0.3 is 14.8 Å². The molecule has 0 saturated carbocycles. The van der Waals surface area contributed by atoms with Crippen molar-refractivity contribution in [2.24, 2.45) is 0 Å². The summed E-state index contributed by atoms with van der Waals surface area (Å²) in [6, 6.07) is 0.526. The van der Waals surface area contributed by atoms with Gasteiger partial charge in [0.2, 0.25) is 0 Å². The van der Waals surface area contributed by atoms with Gasteiger partial charge in [-0.15, -0.1) is 0 Å². The fraction of sp³-hybridized carbons (Fsp3) is 1.00. The van der Waals surface area contributed by atoms with Crippen LogP contribution in [0.5, 0.6) is 0 Å². The van der Waals surface area contributed by atoms with Crippen LogP contribution < -0.4 is 5.32 Å². The van der Waals surface area contributed by atoms with E-state index < -0.39 is 0 Å². The highest BCUT2D eigenvalue weighted by atomic mass is 16.5. The average Bonchev–Trinajstić information content (AvgIpc) is 2.88. The van der Waals surface area contributed by atoms with Crippen molar-refractivity contribution in [2.75, 3.05) is 26.4 Å². The summed E-state index contributed by atoms with van der Waals surface area (Å²) < 4.78 is 11.3. The molecule has 0 aliphatic carbocycles. The summed E-state index contributed by atoms with van der Waals surface area (Å²) in [4.78, 5) is 0. The average molecular weight is 257 g/mol. The van der Waals surface area contributed by atoms with Crippen LogP contribution in [0.1, 0.15) is 58.8 Å². The lowest BCUT2D eigenvalue weighted by molar-refractivity contribution is 0.0922. The molecule has 2 unspecified atom stereocenters. The zero-order chi connectivity index (χ0) is 13.1. The first-order valence-electron chi connectivity index (χ1n) is 7.79. The molecule has 0 bridgehead atoms. The van der Waals surface area contributed by atoms with Crippen molar-refractivity contribution in [1.82, 2.24) is 5.32 Å². The van der Waals surface area contributed by atoms with E-state index in [1.807, 2.05) is 0 Å². The Morgan fingerprint density at radius 1 is 1.33 bits per heavy atom. The Balaban J connectivity index is 2.08. The van der Waals surface area contributed by atoms with Crippen molar-refractivity contribution < 1.29 is 9.47 Å². The molecule has 0 aromatic heterocycles. The van der Waals surface area contributed by atoms with E-state index in [4.69, 9.17) is 9.47 Å². The molecule has 0 aromatic carbocycles. The summed E-state index contributed by atoms with van der Waals surface area (Å²) >= 11 is 0. The number of nitrogens with one attached hydrogen (secondary N) is 1. The minimum Gasteiger partial charge on any atom is -0.380 e. The van der Waals surface area contributed by atoms with E-state index in [0.29, 0.717) is 12.1 Å². The molecular formula is C15H31NO2. The van der Waals surface area contributed by atoms with Crippen LogP contribution in [-0.4, -0.2) is 38.5 Å². The molecule has 0 aromatic rings. The van der Waals surface area contributed by atoms with E-state index in [9.17, 15) is 0 Å². The molecular weight excluding hydrogens is 226 g/mol. The largest absolute Gasteiger partial charge is 0.380 e. The Bertz CT molecular complexity index is 181. The van der Waals surface area contributed by atoms with Crippen LogP contribution in [0.2, 0.25) is 0 Å². The molecule has 1 aliphatic heterocycles. The standard InChI is InChI=1S/C15H31NO2/c1-3-10-16-14(13-17-11-4-2)7-5-8-15-9-6-12-18-15/h14-16H,3-13H2,1-2H3. The Labute approximate surface area is 113 Å².